The predicted octanol–water partition coefficient (Wildman–Crippen LogP) is 2.83. The molecule has 1 aromatic rings. The lowest BCUT2D eigenvalue weighted by Gasteiger charge is -2.17. The fourth-order valence-corrected chi connectivity index (χ4v) is 2.74. The van der Waals surface area contributed by atoms with Crippen molar-refractivity contribution in [1.82, 2.24) is 10.6 Å². The van der Waals surface area contributed by atoms with E-state index in [0.29, 0.717) is 5.92 Å². The van der Waals surface area contributed by atoms with Crippen molar-refractivity contribution in [2.45, 2.75) is 51.0 Å². The number of rotatable bonds is 5. The minimum Gasteiger partial charge on any atom is -0.355 e. The van der Waals surface area contributed by atoms with Crippen LogP contribution in [0.15, 0.2) is 30.3 Å². The fraction of sp³-hybridized carbons (Fsp3) is 0.588. The first-order valence-corrected chi connectivity index (χ1v) is 7.83. The highest BCUT2D eigenvalue weighted by molar-refractivity contribution is 5.81. The van der Waals surface area contributed by atoms with Crippen LogP contribution in [-0.4, -0.2) is 25.0 Å². The van der Waals surface area contributed by atoms with Crippen LogP contribution in [0.1, 0.15) is 50.5 Å². The predicted molar refractivity (Wildman–Crippen MR) is 82.7 cm³/mol. The van der Waals surface area contributed by atoms with Gasteiger partial charge < -0.3 is 10.6 Å². The van der Waals surface area contributed by atoms with Crippen molar-refractivity contribution in [2.24, 2.45) is 0 Å². The largest absolute Gasteiger partial charge is 0.355 e. The molecule has 1 aliphatic heterocycles. The lowest BCUT2D eigenvalue weighted by Crippen LogP contribution is -2.44. The van der Waals surface area contributed by atoms with E-state index in [1.165, 1.54) is 18.4 Å². The number of carbonyl (C=O) groups is 1. The van der Waals surface area contributed by atoms with E-state index in [-0.39, 0.29) is 11.9 Å². The Hall–Kier alpha value is -1.35. The highest BCUT2D eigenvalue weighted by atomic mass is 16.2. The quantitative estimate of drug-likeness (QED) is 0.867. The molecule has 1 saturated heterocycles. The van der Waals surface area contributed by atoms with Crippen molar-refractivity contribution in [3.63, 3.8) is 0 Å². The summed E-state index contributed by atoms with van der Waals surface area (Å²) in [5, 5.41) is 6.42. The smallest absolute Gasteiger partial charge is 0.237 e. The zero-order valence-corrected chi connectivity index (χ0v) is 12.4. The maximum atomic E-state index is 12.1. The van der Waals surface area contributed by atoms with E-state index in [1.807, 2.05) is 6.07 Å². The van der Waals surface area contributed by atoms with Gasteiger partial charge in [-0.1, -0.05) is 50.1 Å². The summed E-state index contributed by atoms with van der Waals surface area (Å²) >= 11 is 0. The summed E-state index contributed by atoms with van der Waals surface area (Å²) in [7, 11) is 0. The second-order valence-electron chi connectivity index (χ2n) is 5.75. The monoisotopic (exact) mass is 274 g/mol. The molecular weight excluding hydrogens is 248 g/mol. The number of hydrogen-bond acceptors (Lipinski definition) is 2. The third-order valence-corrected chi connectivity index (χ3v) is 4.12. The van der Waals surface area contributed by atoms with Crippen LogP contribution < -0.4 is 10.6 Å². The van der Waals surface area contributed by atoms with Gasteiger partial charge in [0.2, 0.25) is 5.91 Å². The summed E-state index contributed by atoms with van der Waals surface area (Å²) in [5.41, 5.74) is 1.34. The van der Waals surface area contributed by atoms with Gasteiger partial charge in [0.25, 0.3) is 0 Å². The number of nitrogens with one attached hydrogen (secondary N) is 2. The molecule has 2 rings (SSSR count). The Labute approximate surface area is 122 Å². The van der Waals surface area contributed by atoms with Crippen molar-refractivity contribution in [3.05, 3.63) is 35.9 Å². The highest BCUT2D eigenvalue weighted by Gasteiger charge is 2.19. The van der Waals surface area contributed by atoms with Gasteiger partial charge in [-0.3, -0.25) is 4.79 Å². The van der Waals surface area contributed by atoms with Crippen LogP contribution in [-0.2, 0) is 4.79 Å². The number of hydrogen-bond donors (Lipinski definition) is 2. The molecule has 3 nitrogen and oxygen atoms in total. The van der Waals surface area contributed by atoms with Crippen molar-refractivity contribution in [1.29, 1.82) is 0 Å². The van der Waals surface area contributed by atoms with Crippen LogP contribution in [0, 0.1) is 0 Å². The first kappa shape index (κ1) is 15.0. The average Bonchev–Trinajstić information content (AvgIpc) is 2.77. The van der Waals surface area contributed by atoms with Crippen LogP contribution in [0.3, 0.4) is 0 Å². The van der Waals surface area contributed by atoms with Gasteiger partial charge in [0, 0.05) is 6.54 Å². The van der Waals surface area contributed by atoms with Crippen LogP contribution in [0.5, 0.6) is 0 Å². The summed E-state index contributed by atoms with van der Waals surface area (Å²) in [5.74, 6) is 0.658. The molecule has 0 radical (unpaired) electrons. The summed E-state index contributed by atoms with van der Waals surface area (Å²) in [6, 6.07) is 10.5. The van der Waals surface area contributed by atoms with Gasteiger partial charge >= 0.3 is 0 Å². The Morgan fingerprint density at radius 1 is 1.30 bits per heavy atom. The molecule has 0 aliphatic carbocycles. The first-order valence-electron chi connectivity index (χ1n) is 7.83. The van der Waals surface area contributed by atoms with Gasteiger partial charge in [-0.2, -0.15) is 0 Å². The Kier molecular flexibility index (Phi) is 6.06. The van der Waals surface area contributed by atoms with Gasteiger partial charge in [-0.05, 0) is 37.3 Å². The summed E-state index contributed by atoms with van der Waals surface area (Å²) < 4.78 is 0. The topological polar surface area (TPSA) is 41.1 Å². The molecule has 2 unspecified atom stereocenters. The van der Waals surface area contributed by atoms with Gasteiger partial charge in [-0.25, -0.2) is 0 Å². The highest BCUT2D eigenvalue weighted by Crippen LogP contribution is 2.17. The summed E-state index contributed by atoms with van der Waals surface area (Å²) in [6.07, 6.45) is 5.55. The Balaban J connectivity index is 1.71. The van der Waals surface area contributed by atoms with E-state index < -0.39 is 0 Å². The number of benzene rings is 1. The minimum atomic E-state index is 0.0181. The molecule has 0 bridgehead atoms. The third kappa shape index (κ3) is 4.64. The molecule has 20 heavy (non-hydrogen) atoms. The molecular formula is C17H26N2O. The van der Waals surface area contributed by atoms with Gasteiger partial charge in [0.1, 0.15) is 0 Å². The molecule has 110 valence electrons. The van der Waals surface area contributed by atoms with E-state index in [9.17, 15) is 4.79 Å². The molecule has 1 fully saturated rings. The Bertz CT molecular complexity index is 397. The van der Waals surface area contributed by atoms with Crippen LogP contribution in [0.4, 0.5) is 0 Å². The Morgan fingerprint density at radius 3 is 2.90 bits per heavy atom. The van der Waals surface area contributed by atoms with E-state index >= 15 is 0 Å². The van der Waals surface area contributed by atoms with Gasteiger partial charge in [0.15, 0.2) is 0 Å². The maximum absolute atomic E-state index is 12.1. The van der Waals surface area contributed by atoms with Crippen LogP contribution >= 0.6 is 0 Å². The molecule has 0 aromatic heterocycles. The van der Waals surface area contributed by atoms with Gasteiger partial charge in [0.05, 0.1) is 6.04 Å². The first-order chi connectivity index (χ1) is 9.77. The van der Waals surface area contributed by atoms with Crippen molar-refractivity contribution in [3.8, 4) is 0 Å². The Morgan fingerprint density at radius 2 is 2.10 bits per heavy atom. The molecule has 1 amide bonds. The van der Waals surface area contributed by atoms with E-state index in [2.05, 4.69) is 41.8 Å². The lowest BCUT2D eigenvalue weighted by molar-refractivity contribution is -0.123. The van der Waals surface area contributed by atoms with Crippen LogP contribution in [0.2, 0.25) is 0 Å². The molecule has 1 aliphatic rings. The van der Waals surface area contributed by atoms with Crippen LogP contribution in [0.25, 0.3) is 0 Å². The summed E-state index contributed by atoms with van der Waals surface area (Å²) in [4.78, 5) is 12.1. The second kappa shape index (κ2) is 8.05. The number of amides is 1. The molecule has 0 spiro atoms. The van der Waals surface area contributed by atoms with Crippen molar-refractivity contribution < 1.29 is 4.79 Å². The van der Waals surface area contributed by atoms with E-state index in [0.717, 1.165) is 32.4 Å². The molecule has 3 heteroatoms. The van der Waals surface area contributed by atoms with Crippen molar-refractivity contribution in [2.75, 3.05) is 13.1 Å². The SMILES string of the molecule is CC(CCNC(=O)C1CCCCCN1)c1ccccc1. The van der Waals surface area contributed by atoms with Crippen molar-refractivity contribution >= 4 is 5.91 Å². The zero-order valence-electron chi connectivity index (χ0n) is 12.4. The normalized spacial score (nSPS) is 20.9. The zero-order chi connectivity index (χ0) is 14.2. The molecule has 1 heterocycles. The van der Waals surface area contributed by atoms with E-state index in [1.54, 1.807) is 0 Å². The third-order valence-electron chi connectivity index (χ3n) is 4.12. The maximum Gasteiger partial charge on any atom is 0.237 e. The molecule has 2 N–H and O–H groups in total. The number of carbonyl (C=O) groups excluding carboxylic acids is 1. The summed E-state index contributed by atoms with van der Waals surface area (Å²) in [6.45, 7) is 3.94. The van der Waals surface area contributed by atoms with E-state index in [4.69, 9.17) is 0 Å². The second-order valence-corrected chi connectivity index (χ2v) is 5.75. The minimum absolute atomic E-state index is 0.0181. The standard InChI is InChI=1S/C17H26N2O/c1-14(15-8-4-2-5-9-15)11-13-19-17(20)16-10-6-3-7-12-18-16/h2,4-5,8-9,14,16,18H,3,6-7,10-13H2,1H3,(H,19,20). The lowest BCUT2D eigenvalue weighted by atomic mass is 9.98. The fourth-order valence-electron chi connectivity index (χ4n) is 2.74. The molecule has 0 saturated carbocycles. The molecule has 2 atom stereocenters. The average molecular weight is 274 g/mol. The molecule has 1 aromatic carbocycles. The van der Waals surface area contributed by atoms with Gasteiger partial charge in [-0.15, -0.1) is 0 Å².